The van der Waals surface area contributed by atoms with Crippen LogP contribution in [-0.4, -0.2) is 29.8 Å². The van der Waals surface area contributed by atoms with Crippen molar-refractivity contribution in [2.75, 3.05) is 0 Å². The van der Waals surface area contributed by atoms with E-state index in [2.05, 4.69) is 0 Å². The third-order valence-corrected chi connectivity index (χ3v) is 6.10. The maximum absolute atomic E-state index is 13.9. The smallest absolute Gasteiger partial charge is 0.341 e. The first-order chi connectivity index (χ1) is 13.4. The van der Waals surface area contributed by atoms with Crippen LogP contribution in [0.3, 0.4) is 0 Å². The van der Waals surface area contributed by atoms with Crippen LogP contribution in [0.15, 0.2) is 29.3 Å². The summed E-state index contributed by atoms with van der Waals surface area (Å²) in [5, 5.41) is 18.9. The van der Waals surface area contributed by atoms with Gasteiger partial charge in [0.05, 0.1) is 16.5 Å². The first-order valence-electron chi connectivity index (χ1n) is 8.06. The standard InChI is InChI=1S/C17H12F6N2O3S/c18-15(19)10-5-9(2-1-8(10)6-24)25-7-12(29(27,28)16(20)21)13-11(25)3-4-17(22,23)14(13)26/h1-2,5,7,14-16,26H,3-4H2/t14-/m0/s1. The zero-order valence-electron chi connectivity index (χ0n) is 14.3. The van der Waals surface area contributed by atoms with E-state index in [1.165, 1.54) is 0 Å². The molecule has 2 aromatic rings. The van der Waals surface area contributed by atoms with Crippen LogP contribution in [0.5, 0.6) is 0 Å². The summed E-state index contributed by atoms with van der Waals surface area (Å²) in [6, 6.07) is 4.55. The second-order valence-electron chi connectivity index (χ2n) is 6.38. The van der Waals surface area contributed by atoms with Crippen LogP contribution in [0.25, 0.3) is 5.69 Å². The highest BCUT2D eigenvalue weighted by atomic mass is 32.2. The number of nitriles is 1. The summed E-state index contributed by atoms with van der Waals surface area (Å²) < 4.78 is 105. The Morgan fingerprint density at radius 2 is 1.90 bits per heavy atom. The number of nitrogens with zero attached hydrogens (tertiary/aromatic N) is 2. The van der Waals surface area contributed by atoms with Crippen molar-refractivity contribution in [1.82, 2.24) is 4.57 Å². The molecule has 0 saturated carbocycles. The maximum Gasteiger partial charge on any atom is 0.341 e. The highest BCUT2D eigenvalue weighted by Gasteiger charge is 2.49. The van der Waals surface area contributed by atoms with E-state index in [1.54, 1.807) is 6.07 Å². The Kier molecular flexibility index (Phi) is 5.17. The lowest BCUT2D eigenvalue weighted by atomic mass is 9.91. The Balaban J connectivity index is 2.31. The molecule has 29 heavy (non-hydrogen) atoms. The zero-order chi connectivity index (χ0) is 21.7. The predicted octanol–water partition coefficient (Wildman–Crippen LogP) is 3.90. The molecule has 1 aliphatic carbocycles. The van der Waals surface area contributed by atoms with E-state index in [4.69, 9.17) is 5.26 Å². The topological polar surface area (TPSA) is 83.1 Å². The number of aliphatic hydroxyl groups is 1. The number of hydrogen-bond acceptors (Lipinski definition) is 4. The lowest BCUT2D eigenvalue weighted by Crippen LogP contribution is -2.33. The number of aliphatic hydroxyl groups excluding tert-OH is 1. The minimum atomic E-state index is -5.38. The average Bonchev–Trinajstić information content (AvgIpc) is 3.05. The van der Waals surface area contributed by atoms with Gasteiger partial charge in [-0.15, -0.1) is 0 Å². The number of benzene rings is 1. The average molecular weight is 438 g/mol. The summed E-state index contributed by atoms with van der Waals surface area (Å²) in [5.74, 6) is -7.70. The molecule has 0 spiro atoms. The fourth-order valence-electron chi connectivity index (χ4n) is 3.25. The summed E-state index contributed by atoms with van der Waals surface area (Å²) in [5.41, 5.74) is -2.31. The number of sulfone groups is 1. The molecule has 0 radical (unpaired) electrons. The Hall–Kier alpha value is -2.52. The lowest BCUT2D eigenvalue weighted by Gasteiger charge is -2.29. The maximum atomic E-state index is 13.9. The van der Waals surface area contributed by atoms with Gasteiger partial charge in [0, 0.05) is 35.1 Å². The molecule has 12 heteroatoms. The number of rotatable bonds is 4. The molecule has 1 heterocycles. The summed E-state index contributed by atoms with van der Waals surface area (Å²) in [6.07, 6.45) is -6.54. The van der Waals surface area contributed by atoms with Gasteiger partial charge in [-0.25, -0.2) is 26.0 Å². The molecule has 1 aromatic heterocycles. The molecule has 0 unspecified atom stereocenters. The van der Waals surface area contributed by atoms with Crippen LogP contribution in [0.2, 0.25) is 0 Å². The van der Waals surface area contributed by atoms with Crippen LogP contribution in [0, 0.1) is 11.3 Å². The van der Waals surface area contributed by atoms with Crippen molar-refractivity contribution in [3.8, 4) is 11.8 Å². The molecule has 156 valence electrons. The van der Waals surface area contributed by atoms with Gasteiger partial charge in [0.25, 0.3) is 12.3 Å². The Morgan fingerprint density at radius 1 is 1.24 bits per heavy atom. The Bertz CT molecular complexity index is 1110. The third-order valence-electron chi connectivity index (χ3n) is 4.69. The molecule has 0 bridgehead atoms. The fraction of sp³-hybridized carbons (Fsp3) is 0.353. The monoisotopic (exact) mass is 438 g/mol. The second-order valence-corrected chi connectivity index (χ2v) is 8.26. The van der Waals surface area contributed by atoms with Crippen molar-refractivity contribution in [3.05, 3.63) is 46.8 Å². The molecule has 1 aromatic carbocycles. The van der Waals surface area contributed by atoms with Gasteiger partial charge >= 0.3 is 5.76 Å². The van der Waals surface area contributed by atoms with E-state index in [0.717, 1.165) is 22.8 Å². The highest BCUT2D eigenvalue weighted by Crippen LogP contribution is 2.46. The molecule has 0 saturated heterocycles. The molecule has 5 nitrogen and oxygen atoms in total. The highest BCUT2D eigenvalue weighted by molar-refractivity contribution is 7.91. The van der Waals surface area contributed by atoms with Crippen molar-refractivity contribution in [2.24, 2.45) is 0 Å². The van der Waals surface area contributed by atoms with Crippen LogP contribution in [0.1, 0.15) is 41.3 Å². The lowest BCUT2D eigenvalue weighted by molar-refractivity contribution is -0.123. The number of alkyl halides is 6. The molecule has 0 amide bonds. The Morgan fingerprint density at radius 3 is 2.45 bits per heavy atom. The normalized spacial score (nSPS) is 18.7. The van der Waals surface area contributed by atoms with E-state index in [-0.39, 0.29) is 16.9 Å². The van der Waals surface area contributed by atoms with E-state index < -0.39 is 62.9 Å². The summed E-state index contributed by atoms with van der Waals surface area (Å²) in [4.78, 5) is -1.20. The van der Waals surface area contributed by atoms with Gasteiger partial charge in [0.1, 0.15) is 6.10 Å². The van der Waals surface area contributed by atoms with Crippen molar-refractivity contribution in [2.45, 2.75) is 41.9 Å². The molecule has 0 fully saturated rings. The number of halogens is 6. The van der Waals surface area contributed by atoms with Crippen molar-refractivity contribution >= 4 is 9.84 Å². The minimum absolute atomic E-state index is 0.149. The molecular formula is C17H12F6N2O3S. The molecule has 1 N–H and O–H groups in total. The van der Waals surface area contributed by atoms with Crippen LogP contribution >= 0.6 is 0 Å². The predicted molar refractivity (Wildman–Crippen MR) is 86.9 cm³/mol. The minimum Gasteiger partial charge on any atom is -0.382 e. The third kappa shape index (κ3) is 3.38. The largest absolute Gasteiger partial charge is 0.382 e. The van der Waals surface area contributed by atoms with Crippen LogP contribution < -0.4 is 0 Å². The second kappa shape index (κ2) is 7.07. The van der Waals surface area contributed by atoms with E-state index in [9.17, 15) is 39.9 Å². The Labute approximate surface area is 160 Å². The zero-order valence-corrected chi connectivity index (χ0v) is 15.1. The number of fused-ring (bicyclic) bond motifs is 1. The van der Waals surface area contributed by atoms with E-state index >= 15 is 0 Å². The SMILES string of the molecule is N#Cc1ccc(-n2cc(S(=O)(=O)C(F)F)c3c2CCC(F)(F)[C@H]3O)cc1C(F)F. The molecule has 0 aliphatic heterocycles. The van der Waals surface area contributed by atoms with Gasteiger partial charge in [-0.05, 0) is 24.6 Å². The fourth-order valence-corrected chi connectivity index (χ4v) is 4.23. The van der Waals surface area contributed by atoms with Gasteiger partial charge in [0.15, 0.2) is 0 Å². The molecular weight excluding hydrogens is 426 g/mol. The van der Waals surface area contributed by atoms with Gasteiger partial charge in [0.2, 0.25) is 9.84 Å². The first-order valence-corrected chi connectivity index (χ1v) is 9.61. The van der Waals surface area contributed by atoms with Crippen LogP contribution in [-0.2, 0) is 16.3 Å². The van der Waals surface area contributed by atoms with Crippen molar-refractivity contribution in [3.63, 3.8) is 0 Å². The van der Waals surface area contributed by atoms with Crippen molar-refractivity contribution < 1.29 is 39.9 Å². The quantitative estimate of drug-likeness (QED) is 0.735. The molecule has 1 aliphatic rings. The van der Waals surface area contributed by atoms with Crippen molar-refractivity contribution in [1.29, 1.82) is 5.26 Å². The summed E-state index contributed by atoms with van der Waals surface area (Å²) >= 11 is 0. The summed E-state index contributed by atoms with van der Waals surface area (Å²) in [7, 11) is -5.38. The van der Waals surface area contributed by atoms with Gasteiger partial charge < -0.3 is 9.67 Å². The van der Waals surface area contributed by atoms with Crippen LogP contribution in [0.4, 0.5) is 26.3 Å². The van der Waals surface area contributed by atoms with Gasteiger partial charge in [-0.2, -0.15) is 14.0 Å². The molecule has 1 atom stereocenters. The number of aromatic nitrogens is 1. The first kappa shape index (κ1) is 21.2. The van der Waals surface area contributed by atoms with E-state index in [1.807, 2.05) is 0 Å². The van der Waals surface area contributed by atoms with Gasteiger partial charge in [-0.3, -0.25) is 0 Å². The molecule has 3 rings (SSSR count). The van der Waals surface area contributed by atoms with E-state index in [0.29, 0.717) is 6.20 Å². The summed E-state index contributed by atoms with van der Waals surface area (Å²) in [6.45, 7) is 0. The van der Waals surface area contributed by atoms with Gasteiger partial charge in [-0.1, -0.05) is 0 Å². The number of hydrogen-bond donors (Lipinski definition) is 1.